The Morgan fingerprint density at radius 3 is 2.74 bits per heavy atom. The van der Waals surface area contributed by atoms with Crippen LogP contribution in [-0.2, 0) is 0 Å². The Balaban J connectivity index is 1.64. The van der Waals surface area contributed by atoms with Crippen LogP contribution in [0.25, 0.3) is 28.3 Å². The molecule has 1 amide bonds. The number of alkyl halides is 1. The van der Waals surface area contributed by atoms with Crippen molar-refractivity contribution < 1.29 is 14.3 Å². The third-order valence-electron chi connectivity index (χ3n) is 5.17. The molecule has 0 radical (unpaired) electrons. The minimum atomic E-state index is -1.61. The topological polar surface area (TPSA) is 146 Å². The Kier molecular flexibility index (Phi) is 6.24. The van der Waals surface area contributed by atoms with Gasteiger partial charge in [0.2, 0.25) is 5.82 Å². The zero-order valence-corrected chi connectivity index (χ0v) is 19.2. The van der Waals surface area contributed by atoms with Gasteiger partial charge in [0.05, 0.1) is 46.5 Å². The highest BCUT2D eigenvalue weighted by Gasteiger charge is 2.27. The molecule has 4 heterocycles. The maximum Gasteiger partial charge on any atom is 0.255 e. The SMILES string of the molecule is CC(C)Nc1cc(-c2ccc3cc(-c4nn[nH]n4)cnn23)ncc1C(=O)NCC(F)C(C)(C)O. The second-order valence-electron chi connectivity index (χ2n) is 8.78. The molecule has 4 rings (SSSR count). The molecule has 4 N–H and O–H groups in total. The standard InChI is InChI=1S/C22H26FN9O2/c1-12(2)27-16-8-17(24-10-15(16)21(33)25-11-19(23)22(3,4)34)18-6-5-14-7-13(9-26-32(14)18)20-28-30-31-29-20/h5-10,12,19,34H,11H2,1-4H3,(H,24,27)(H,25,33)(H,28,29,30,31). The number of aromatic nitrogens is 7. The van der Waals surface area contributed by atoms with E-state index < -0.39 is 17.7 Å². The molecule has 12 heteroatoms. The number of anilines is 1. The number of hydrogen-bond donors (Lipinski definition) is 4. The van der Waals surface area contributed by atoms with Gasteiger partial charge in [-0.1, -0.05) is 0 Å². The minimum Gasteiger partial charge on any atom is -0.387 e. The van der Waals surface area contributed by atoms with Crippen LogP contribution in [0.15, 0.2) is 36.7 Å². The maximum atomic E-state index is 14.1. The average molecular weight is 468 g/mol. The molecule has 0 bridgehead atoms. The molecule has 34 heavy (non-hydrogen) atoms. The average Bonchev–Trinajstić information content (AvgIpc) is 3.45. The number of fused-ring (bicyclic) bond motifs is 1. The van der Waals surface area contributed by atoms with Crippen molar-refractivity contribution in [3.8, 4) is 22.8 Å². The quantitative estimate of drug-likeness (QED) is 0.309. The van der Waals surface area contributed by atoms with E-state index in [0.717, 1.165) is 11.2 Å². The van der Waals surface area contributed by atoms with Crippen LogP contribution in [0.2, 0.25) is 0 Å². The first kappa shape index (κ1) is 23.2. The monoisotopic (exact) mass is 467 g/mol. The van der Waals surface area contributed by atoms with Crippen molar-refractivity contribution in [3.05, 3.63) is 42.2 Å². The molecular weight excluding hydrogens is 441 g/mol. The largest absolute Gasteiger partial charge is 0.387 e. The number of carbonyl (C=O) groups excluding carboxylic acids is 1. The smallest absolute Gasteiger partial charge is 0.255 e. The van der Waals surface area contributed by atoms with Crippen molar-refractivity contribution in [2.75, 3.05) is 11.9 Å². The number of aliphatic hydroxyl groups is 1. The molecule has 0 aliphatic heterocycles. The van der Waals surface area contributed by atoms with Gasteiger partial charge in [0.15, 0.2) is 0 Å². The Bertz CT molecular complexity index is 1300. The lowest BCUT2D eigenvalue weighted by Gasteiger charge is -2.23. The molecule has 0 fully saturated rings. The Morgan fingerprint density at radius 1 is 1.26 bits per heavy atom. The summed E-state index contributed by atoms with van der Waals surface area (Å²) in [5.41, 5.74) is 2.10. The molecule has 0 saturated heterocycles. The molecule has 0 spiro atoms. The van der Waals surface area contributed by atoms with E-state index in [4.69, 9.17) is 0 Å². The van der Waals surface area contributed by atoms with Crippen molar-refractivity contribution in [3.63, 3.8) is 0 Å². The maximum absolute atomic E-state index is 14.1. The fourth-order valence-electron chi connectivity index (χ4n) is 3.33. The summed E-state index contributed by atoms with van der Waals surface area (Å²) in [6.45, 7) is 6.28. The molecule has 4 aromatic heterocycles. The Hall–Kier alpha value is -3.93. The third-order valence-corrected chi connectivity index (χ3v) is 5.17. The number of amides is 1. The number of H-pyrrole nitrogens is 1. The number of nitrogens with zero attached hydrogens (tertiary/aromatic N) is 6. The Labute approximate surface area is 194 Å². The van der Waals surface area contributed by atoms with Crippen molar-refractivity contribution in [1.29, 1.82) is 0 Å². The third kappa shape index (κ3) is 4.86. The van der Waals surface area contributed by atoms with E-state index in [9.17, 15) is 14.3 Å². The summed E-state index contributed by atoms with van der Waals surface area (Å²) in [7, 11) is 0. The second-order valence-corrected chi connectivity index (χ2v) is 8.78. The summed E-state index contributed by atoms with van der Waals surface area (Å²) >= 11 is 0. The van der Waals surface area contributed by atoms with Gasteiger partial charge < -0.3 is 15.7 Å². The fourth-order valence-corrected chi connectivity index (χ4v) is 3.33. The van der Waals surface area contributed by atoms with E-state index in [0.29, 0.717) is 22.8 Å². The van der Waals surface area contributed by atoms with E-state index in [1.165, 1.54) is 20.0 Å². The summed E-state index contributed by atoms with van der Waals surface area (Å²) in [5, 5.41) is 34.0. The van der Waals surface area contributed by atoms with E-state index >= 15 is 0 Å². The Morgan fingerprint density at radius 2 is 2.06 bits per heavy atom. The van der Waals surface area contributed by atoms with Crippen LogP contribution in [0.1, 0.15) is 38.1 Å². The molecule has 11 nitrogen and oxygen atoms in total. The molecule has 0 aromatic carbocycles. The number of nitrogens with one attached hydrogen (secondary N) is 3. The van der Waals surface area contributed by atoms with Crippen LogP contribution >= 0.6 is 0 Å². The highest BCUT2D eigenvalue weighted by atomic mass is 19.1. The molecular formula is C22H26FN9O2. The fraction of sp³-hybridized carbons (Fsp3) is 0.364. The molecule has 0 aliphatic rings. The number of tetrazole rings is 1. The van der Waals surface area contributed by atoms with E-state index in [1.54, 1.807) is 16.8 Å². The van der Waals surface area contributed by atoms with E-state index in [1.807, 2.05) is 32.0 Å². The van der Waals surface area contributed by atoms with Crippen LogP contribution in [0.3, 0.4) is 0 Å². The van der Waals surface area contributed by atoms with E-state index in [-0.39, 0.29) is 18.2 Å². The van der Waals surface area contributed by atoms with E-state index in [2.05, 4.69) is 41.3 Å². The van der Waals surface area contributed by atoms with Gasteiger partial charge >= 0.3 is 0 Å². The summed E-state index contributed by atoms with van der Waals surface area (Å²) in [4.78, 5) is 17.2. The van der Waals surface area contributed by atoms with Crippen molar-refractivity contribution in [1.82, 2.24) is 40.5 Å². The number of carbonyl (C=O) groups is 1. The summed E-state index contributed by atoms with van der Waals surface area (Å²) in [5.74, 6) is -0.0493. The van der Waals surface area contributed by atoms with Gasteiger partial charge in [0, 0.05) is 17.8 Å². The number of aromatic amines is 1. The van der Waals surface area contributed by atoms with Gasteiger partial charge in [-0.2, -0.15) is 10.3 Å². The molecule has 1 atom stereocenters. The predicted octanol–water partition coefficient (Wildman–Crippen LogP) is 2.24. The summed E-state index contributed by atoms with van der Waals surface area (Å²) in [6, 6.07) is 7.44. The van der Waals surface area contributed by atoms with Crippen molar-refractivity contribution in [2.24, 2.45) is 0 Å². The number of pyridine rings is 1. The first-order valence-corrected chi connectivity index (χ1v) is 10.8. The van der Waals surface area contributed by atoms with Crippen LogP contribution in [0.5, 0.6) is 0 Å². The van der Waals surface area contributed by atoms with Gasteiger partial charge in [-0.05, 0) is 57.2 Å². The predicted molar refractivity (Wildman–Crippen MR) is 124 cm³/mol. The van der Waals surface area contributed by atoms with Gasteiger partial charge in [0.25, 0.3) is 5.91 Å². The van der Waals surface area contributed by atoms with Crippen LogP contribution in [-0.4, -0.2) is 70.6 Å². The van der Waals surface area contributed by atoms with Crippen molar-refractivity contribution in [2.45, 2.75) is 45.5 Å². The van der Waals surface area contributed by atoms with Gasteiger partial charge in [-0.15, -0.1) is 10.2 Å². The van der Waals surface area contributed by atoms with Crippen LogP contribution in [0, 0.1) is 0 Å². The zero-order valence-electron chi connectivity index (χ0n) is 19.2. The summed E-state index contributed by atoms with van der Waals surface area (Å²) < 4.78 is 15.8. The minimum absolute atomic E-state index is 0.0341. The van der Waals surface area contributed by atoms with Crippen molar-refractivity contribution >= 4 is 17.1 Å². The molecule has 4 aromatic rings. The normalized spacial score (nSPS) is 12.8. The molecule has 178 valence electrons. The van der Waals surface area contributed by atoms with Gasteiger partial charge in [-0.3, -0.25) is 9.78 Å². The first-order valence-electron chi connectivity index (χ1n) is 10.8. The lowest BCUT2D eigenvalue weighted by atomic mass is 10.0. The summed E-state index contributed by atoms with van der Waals surface area (Å²) in [6.07, 6.45) is 1.47. The first-order chi connectivity index (χ1) is 16.1. The number of halogens is 1. The van der Waals surface area contributed by atoms with Crippen LogP contribution < -0.4 is 10.6 Å². The zero-order chi connectivity index (χ0) is 24.5. The van der Waals surface area contributed by atoms with Gasteiger partial charge in [0.1, 0.15) is 6.17 Å². The highest BCUT2D eigenvalue weighted by molar-refractivity contribution is 6.00. The van der Waals surface area contributed by atoms with Crippen LogP contribution in [0.4, 0.5) is 10.1 Å². The molecule has 1 unspecified atom stereocenters. The lowest BCUT2D eigenvalue weighted by molar-refractivity contribution is -0.00177. The molecule has 0 aliphatic carbocycles. The van der Waals surface area contributed by atoms with Gasteiger partial charge in [-0.25, -0.2) is 8.91 Å². The lowest BCUT2D eigenvalue weighted by Crippen LogP contribution is -2.42. The number of rotatable bonds is 8. The highest BCUT2D eigenvalue weighted by Crippen LogP contribution is 2.27. The molecule has 0 saturated carbocycles. The second kappa shape index (κ2) is 9.14. The number of hydrogen-bond acceptors (Lipinski definition) is 8.